The molecule has 0 aliphatic carbocycles. The second-order valence-electron chi connectivity index (χ2n) is 6.27. The van der Waals surface area contributed by atoms with Crippen LogP contribution in [0, 0.1) is 0 Å². The lowest BCUT2D eigenvalue weighted by Gasteiger charge is -2.12. The van der Waals surface area contributed by atoms with E-state index in [-0.39, 0.29) is 10.7 Å². The fraction of sp³-hybridized carbons (Fsp3) is 0.250. The van der Waals surface area contributed by atoms with Crippen LogP contribution >= 0.6 is 11.8 Å². The Kier molecular flexibility index (Phi) is 6.66. The molecule has 0 fully saturated rings. The molecule has 1 heterocycles. The molecule has 0 aliphatic rings. The number of carbonyl (C=O) groups excluding carboxylic acids is 1. The number of halogens is 3. The van der Waals surface area contributed by atoms with Gasteiger partial charge in [-0.15, -0.1) is 10.2 Å². The van der Waals surface area contributed by atoms with E-state index >= 15 is 0 Å². The van der Waals surface area contributed by atoms with E-state index in [0.29, 0.717) is 11.3 Å². The molecule has 0 radical (unpaired) electrons. The van der Waals surface area contributed by atoms with Gasteiger partial charge in [0, 0.05) is 5.56 Å². The number of rotatable bonds is 7. The molecular weight excluding hydrogens is 417 g/mol. The number of thioether (sulfide) groups is 1. The predicted octanol–water partition coefficient (Wildman–Crippen LogP) is 4.54. The summed E-state index contributed by atoms with van der Waals surface area (Å²) in [7, 11) is 0. The summed E-state index contributed by atoms with van der Waals surface area (Å²) < 4.78 is 45.5. The van der Waals surface area contributed by atoms with Crippen molar-refractivity contribution in [2.24, 2.45) is 0 Å². The average Bonchev–Trinajstić information content (AvgIpc) is 3.16. The van der Waals surface area contributed by atoms with Gasteiger partial charge in [0.25, 0.3) is 11.7 Å². The van der Waals surface area contributed by atoms with Crippen molar-refractivity contribution in [2.45, 2.75) is 31.3 Å². The zero-order valence-electron chi connectivity index (χ0n) is 16.2. The van der Waals surface area contributed by atoms with Gasteiger partial charge < -0.3 is 4.74 Å². The molecule has 0 unspecified atom stereocenters. The first-order valence-electron chi connectivity index (χ1n) is 9.00. The number of ether oxygens (including phenoxy) is 1. The number of benzene rings is 2. The fourth-order valence-electron chi connectivity index (χ4n) is 2.59. The number of carbonyl (C=O) groups is 1. The molecule has 0 atom stereocenters. The first kappa shape index (κ1) is 21.7. The normalized spacial score (nSPS) is 11.4. The van der Waals surface area contributed by atoms with Crippen LogP contribution < -0.4 is 10.2 Å². The number of aryl methyl sites for hydroxylation is 1. The SMILES string of the molecule is CCc1ccc(OCc2ccc(C(=O)Nn3c(SC)nnc3C(F)(F)F)cc2)cc1. The highest BCUT2D eigenvalue weighted by molar-refractivity contribution is 7.98. The molecule has 158 valence electrons. The smallest absolute Gasteiger partial charge is 0.453 e. The standard InChI is InChI=1S/C20H19F3N4O2S/c1-3-13-6-10-16(11-7-13)29-12-14-4-8-15(9-5-14)17(28)26-27-18(20(21,22)23)24-25-19(27)30-2/h4-11H,3,12H2,1-2H3,(H,26,28). The number of nitrogens with one attached hydrogen (secondary N) is 1. The van der Waals surface area contributed by atoms with Gasteiger partial charge in [-0.25, -0.2) is 4.68 Å². The summed E-state index contributed by atoms with van der Waals surface area (Å²) in [5.74, 6) is -1.27. The van der Waals surface area contributed by atoms with E-state index in [4.69, 9.17) is 4.74 Å². The van der Waals surface area contributed by atoms with Crippen molar-refractivity contribution in [3.8, 4) is 5.75 Å². The Morgan fingerprint density at radius 1 is 1.07 bits per heavy atom. The summed E-state index contributed by atoms with van der Waals surface area (Å²) in [6, 6.07) is 14.2. The highest BCUT2D eigenvalue weighted by atomic mass is 32.2. The van der Waals surface area contributed by atoms with Crippen molar-refractivity contribution in [1.29, 1.82) is 0 Å². The molecule has 30 heavy (non-hydrogen) atoms. The van der Waals surface area contributed by atoms with Crippen LogP contribution in [0.5, 0.6) is 5.75 Å². The number of nitrogens with zero attached hydrogens (tertiary/aromatic N) is 3. The van der Waals surface area contributed by atoms with Crippen LogP contribution in [0.2, 0.25) is 0 Å². The Labute approximate surface area is 175 Å². The number of hydrogen-bond donors (Lipinski definition) is 1. The van der Waals surface area contributed by atoms with Crippen LogP contribution in [-0.2, 0) is 19.2 Å². The molecule has 0 aliphatic heterocycles. The van der Waals surface area contributed by atoms with Gasteiger partial charge in [0.05, 0.1) is 0 Å². The third-order valence-electron chi connectivity index (χ3n) is 4.24. The lowest BCUT2D eigenvalue weighted by molar-refractivity contribution is -0.146. The minimum Gasteiger partial charge on any atom is -0.489 e. The maximum atomic E-state index is 13.1. The molecule has 1 aromatic heterocycles. The van der Waals surface area contributed by atoms with Crippen LogP contribution in [0.1, 0.15) is 34.2 Å². The summed E-state index contributed by atoms with van der Waals surface area (Å²) >= 11 is 0.937. The number of hydrogen-bond acceptors (Lipinski definition) is 5. The average molecular weight is 436 g/mol. The summed E-state index contributed by atoms with van der Waals surface area (Å²) in [5.41, 5.74) is 4.42. The molecule has 0 saturated heterocycles. The van der Waals surface area contributed by atoms with Crippen molar-refractivity contribution in [3.05, 3.63) is 71.0 Å². The monoisotopic (exact) mass is 436 g/mol. The zero-order valence-corrected chi connectivity index (χ0v) is 17.0. The predicted molar refractivity (Wildman–Crippen MR) is 107 cm³/mol. The van der Waals surface area contributed by atoms with Crippen molar-refractivity contribution in [2.75, 3.05) is 11.7 Å². The Bertz CT molecular complexity index is 1000. The van der Waals surface area contributed by atoms with E-state index in [0.717, 1.165) is 29.5 Å². The Morgan fingerprint density at radius 2 is 1.70 bits per heavy atom. The van der Waals surface area contributed by atoms with Gasteiger partial charge in [-0.2, -0.15) is 13.2 Å². The van der Waals surface area contributed by atoms with Crippen molar-refractivity contribution in [1.82, 2.24) is 14.9 Å². The first-order valence-corrected chi connectivity index (χ1v) is 10.2. The zero-order chi connectivity index (χ0) is 21.7. The van der Waals surface area contributed by atoms with Crippen molar-refractivity contribution in [3.63, 3.8) is 0 Å². The third-order valence-corrected chi connectivity index (χ3v) is 4.87. The Hall–Kier alpha value is -3.01. The maximum absolute atomic E-state index is 13.1. The molecule has 1 N–H and O–H groups in total. The first-order chi connectivity index (χ1) is 14.3. The molecular formula is C20H19F3N4O2S. The lowest BCUT2D eigenvalue weighted by Crippen LogP contribution is -2.28. The molecule has 3 aromatic rings. The van der Waals surface area contributed by atoms with E-state index in [1.165, 1.54) is 24.0 Å². The molecule has 3 rings (SSSR count). The molecule has 0 saturated carbocycles. The van der Waals surface area contributed by atoms with Crippen LogP contribution in [0.4, 0.5) is 13.2 Å². The van der Waals surface area contributed by atoms with E-state index < -0.39 is 17.9 Å². The van der Waals surface area contributed by atoms with Gasteiger partial charge in [-0.1, -0.05) is 43.0 Å². The van der Waals surface area contributed by atoms with Crippen LogP contribution in [0.15, 0.2) is 53.7 Å². The molecule has 1 amide bonds. The summed E-state index contributed by atoms with van der Waals surface area (Å²) in [6.07, 6.45) is -2.26. The van der Waals surface area contributed by atoms with E-state index in [2.05, 4.69) is 22.5 Å². The van der Waals surface area contributed by atoms with E-state index in [1.54, 1.807) is 12.1 Å². The van der Waals surface area contributed by atoms with Gasteiger partial charge in [0.2, 0.25) is 5.16 Å². The van der Waals surface area contributed by atoms with Crippen molar-refractivity contribution < 1.29 is 22.7 Å². The Balaban J connectivity index is 1.66. The van der Waals surface area contributed by atoms with Crippen LogP contribution in [0.25, 0.3) is 0 Å². The molecule has 2 aromatic carbocycles. The second kappa shape index (κ2) is 9.21. The van der Waals surface area contributed by atoms with Crippen LogP contribution in [0.3, 0.4) is 0 Å². The summed E-state index contributed by atoms with van der Waals surface area (Å²) in [4.78, 5) is 12.4. The fourth-order valence-corrected chi connectivity index (χ4v) is 3.03. The van der Waals surface area contributed by atoms with Crippen molar-refractivity contribution >= 4 is 17.7 Å². The third kappa shape index (κ3) is 5.12. The largest absolute Gasteiger partial charge is 0.489 e. The maximum Gasteiger partial charge on any atom is 0.453 e. The highest BCUT2D eigenvalue weighted by Crippen LogP contribution is 2.29. The topological polar surface area (TPSA) is 69.0 Å². The van der Waals surface area contributed by atoms with Gasteiger partial charge in [0.1, 0.15) is 12.4 Å². The second-order valence-corrected chi connectivity index (χ2v) is 7.04. The molecule has 0 spiro atoms. The Morgan fingerprint density at radius 3 is 2.27 bits per heavy atom. The van der Waals surface area contributed by atoms with Gasteiger partial charge in [0.15, 0.2) is 0 Å². The molecule has 6 nitrogen and oxygen atoms in total. The van der Waals surface area contributed by atoms with Gasteiger partial charge >= 0.3 is 6.18 Å². The number of amides is 1. The van der Waals surface area contributed by atoms with Gasteiger partial charge in [-0.05, 0) is 48.1 Å². The molecule has 10 heteroatoms. The van der Waals surface area contributed by atoms with E-state index in [9.17, 15) is 18.0 Å². The van der Waals surface area contributed by atoms with E-state index in [1.807, 2.05) is 24.3 Å². The quantitative estimate of drug-likeness (QED) is 0.551. The van der Waals surface area contributed by atoms with Gasteiger partial charge in [-0.3, -0.25) is 10.2 Å². The minimum atomic E-state index is -4.75. The summed E-state index contributed by atoms with van der Waals surface area (Å²) in [5, 5.41) is 6.50. The highest BCUT2D eigenvalue weighted by Gasteiger charge is 2.39. The number of aromatic nitrogens is 3. The number of alkyl halides is 3. The minimum absolute atomic E-state index is 0.0743. The lowest BCUT2D eigenvalue weighted by atomic mass is 10.1. The molecule has 0 bridgehead atoms. The summed E-state index contributed by atoms with van der Waals surface area (Å²) in [6.45, 7) is 2.37. The van der Waals surface area contributed by atoms with Crippen LogP contribution in [-0.4, -0.2) is 27.0 Å².